The van der Waals surface area contributed by atoms with E-state index in [1.54, 1.807) is 24.9 Å². The highest BCUT2D eigenvalue weighted by Gasteiger charge is 2.26. The number of hydrogen-bond acceptors (Lipinski definition) is 7. The van der Waals surface area contributed by atoms with Gasteiger partial charge < -0.3 is 15.8 Å². The van der Waals surface area contributed by atoms with Crippen LogP contribution in [0.5, 0.6) is 0 Å². The number of nitrogens with one attached hydrogen (secondary N) is 1. The molecule has 0 radical (unpaired) electrons. The summed E-state index contributed by atoms with van der Waals surface area (Å²) < 4.78 is 35.2. The van der Waals surface area contributed by atoms with Crippen LogP contribution in [0.1, 0.15) is 38.0 Å². The van der Waals surface area contributed by atoms with Crippen molar-refractivity contribution in [2.75, 3.05) is 12.4 Å². The van der Waals surface area contributed by atoms with E-state index in [1.807, 2.05) is 0 Å². The van der Waals surface area contributed by atoms with Crippen LogP contribution < -0.4 is 11.1 Å². The van der Waals surface area contributed by atoms with E-state index >= 15 is 0 Å². The summed E-state index contributed by atoms with van der Waals surface area (Å²) in [7, 11) is 3.20. The first-order valence-corrected chi connectivity index (χ1v) is 10.4. The van der Waals surface area contributed by atoms with Gasteiger partial charge in [-0.3, -0.25) is 14.3 Å². The average molecular weight is 475 g/mol. The molecule has 0 aliphatic carbocycles. The summed E-state index contributed by atoms with van der Waals surface area (Å²) in [6.07, 6.45) is 0.242. The first-order chi connectivity index (χ1) is 15.7. The van der Waals surface area contributed by atoms with Crippen LogP contribution in [0.25, 0.3) is 21.3 Å². The van der Waals surface area contributed by atoms with E-state index in [9.17, 15) is 18.4 Å². The number of primary amides is 1. The van der Waals surface area contributed by atoms with Gasteiger partial charge in [0.15, 0.2) is 5.69 Å². The number of alkyl halides is 2. The Balaban J connectivity index is 1.92. The Hall–Kier alpha value is -3.71. The molecule has 0 saturated carbocycles. The van der Waals surface area contributed by atoms with Crippen LogP contribution in [0.4, 0.5) is 14.5 Å². The van der Waals surface area contributed by atoms with E-state index < -0.39 is 23.9 Å². The number of thiophene rings is 1. The van der Waals surface area contributed by atoms with Gasteiger partial charge in [0.1, 0.15) is 22.1 Å². The molecule has 0 bridgehead atoms. The summed E-state index contributed by atoms with van der Waals surface area (Å²) in [5.74, 6) is -1.44. The molecule has 0 aliphatic heterocycles. The highest BCUT2D eigenvalue weighted by Crippen LogP contribution is 2.43. The number of nitrogens with two attached hydrogens (primary N) is 1. The standard InChI is InChI=1S/C20H19F2N7O3S/c1-9-11(7-24-28(9)2)10-6-13(17(21)22)25-20-14(10)15(16(33-20)18(23)30)26-19(31)12-4-5-29(27-12)8-32-3/h4-7,17H,8H2,1-3H3,(H2,23,30)(H,26,31). The largest absolute Gasteiger partial charge is 0.365 e. The van der Waals surface area contributed by atoms with Crippen LogP contribution in [0.3, 0.4) is 0 Å². The molecule has 0 fully saturated rings. The molecule has 0 aromatic carbocycles. The second-order valence-electron chi connectivity index (χ2n) is 7.13. The fraction of sp³-hybridized carbons (Fsp3) is 0.250. The summed E-state index contributed by atoms with van der Waals surface area (Å²) in [5, 5.41) is 11.3. The maximum atomic E-state index is 13.6. The number of aryl methyl sites for hydroxylation is 1. The van der Waals surface area contributed by atoms with Crippen molar-refractivity contribution in [2.24, 2.45) is 12.8 Å². The molecule has 4 aromatic heterocycles. The molecule has 2 amide bonds. The van der Waals surface area contributed by atoms with Crippen LogP contribution >= 0.6 is 11.3 Å². The Morgan fingerprint density at radius 3 is 2.70 bits per heavy atom. The number of amides is 2. The Morgan fingerprint density at radius 1 is 1.33 bits per heavy atom. The number of aromatic nitrogens is 5. The number of rotatable bonds is 7. The second kappa shape index (κ2) is 8.67. The SMILES string of the molecule is COCn1ccc(C(=O)Nc2c(C(N)=O)sc3nc(C(F)F)cc(-c4cnn(C)c4C)c23)n1. The fourth-order valence-electron chi connectivity index (χ4n) is 3.36. The number of carbonyl (C=O) groups is 2. The molecule has 3 N–H and O–H groups in total. The van der Waals surface area contributed by atoms with Crippen molar-refractivity contribution in [3.05, 3.63) is 46.5 Å². The van der Waals surface area contributed by atoms with E-state index in [0.29, 0.717) is 22.2 Å². The lowest BCUT2D eigenvalue weighted by molar-refractivity contribution is 0.100. The third-order valence-corrected chi connectivity index (χ3v) is 6.13. The van der Waals surface area contributed by atoms with Crippen molar-refractivity contribution in [3.63, 3.8) is 0 Å². The molecular weight excluding hydrogens is 456 g/mol. The molecule has 4 heterocycles. The van der Waals surface area contributed by atoms with Gasteiger partial charge in [0.2, 0.25) is 0 Å². The minimum Gasteiger partial charge on any atom is -0.365 e. The van der Waals surface area contributed by atoms with E-state index in [1.165, 1.54) is 30.1 Å². The average Bonchev–Trinajstić information content (AvgIpc) is 3.46. The summed E-state index contributed by atoms with van der Waals surface area (Å²) in [6.45, 7) is 1.92. The summed E-state index contributed by atoms with van der Waals surface area (Å²) in [4.78, 5) is 29.2. The molecular formula is C20H19F2N7O3S. The summed E-state index contributed by atoms with van der Waals surface area (Å²) in [6, 6.07) is 2.71. The van der Waals surface area contributed by atoms with Gasteiger partial charge in [-0.25, -0.2) is 18.4 Å². The number of anilines is 1. The predicted molar refractivity (Wildman–Crippen MR) is 117 cm³/mol. The first-order valence-electron chi connectivity index (χ1n) is 9.59. The molecule has 10 nitrogen and oxygen atoms in total. The second-order valence-corrected chi connectivity index (χ2v) is 8.12. The van der Waals surface area contributed by atoms with Crippen LogP contribution in [-0.2, 0) is 18.5 Å². The number of halogens is 2. The molecule has 0 aliphatic rings. The smallest absolute Gasteiger partial charge is 0.280 e. The van der Waals surface area contributed by atoms with Crippen molar-refractivity contribution in [2.45, 2.75) is 20.1 Å². The molecule has 0 saturated heterocycles. The summed E-state index contributed by atoms with van der Waals surface area (Å²) >= 11 is 0.829. The van der Waals surface area contributed by atoms with Crippen molar-refractivity contribution >= 4 is 39.1 Å². The van der Waals surface area contributed by atoms with Gasteiger partial charge in [0.05, 0.1) is 11.9 Å². The van der Waals surface area contributed by atoms with Crippen LogP contribution in [0.15, 0.2) is 24.5 Å². The molecule has 4 rings (SSSR count). The van der Waals surface area contributed by atoms with Crippen molar-refractivity contribution in [1.82, 2.24) is 24.5 Å². The van der Waals surface area contributed by atoms with Crippen LogP contribution in [0, 0.1) is 6.92 Å². The molecule has 13 heteroatoms. The zero-order valence-corrected chi connectivity index (χ0v) is 18.6. The molecule has 0 atom stereocenters. The Bertz CT molecular complexity index is 1380. The maximum absolute atomic E-state index is 13.6. The van der Waals surface area contributed by atoms with E-state index in [-0.39, 0.29) is 27.8 Å². The number of hydrogen-bond donors (Lipinski definition) is 2. The lowest BCUT2D eigenvalue weighted by Gasteiger charge is -2.10. The lowest BCUT2D eigenvalue weighted by atomic mass is 10.0. The summed E-state index contributed by atoms with van der Waals surface area (Å²) in [5.41, 5.74) is 6.84. The number of fused-ring (bicyclic) bond motifs is 1. The van der Waals surface area contributed by atoms with Gasteiger partial charge in [-0.05, 0) is 24.6 Å². The topological polar surface area (TPSA) is 130 Å². The molecule has 4 aromatic rings. The number of carbonyl (C=O) groups excluding carboxylic acids is 2. The number of nitrogens with zero attached hydrogens (tertiary/aromatic N) is 5. The number of methoxy groups -OCH3 is 1. The highest BCUT2D eigenvalue weighted by molar-refractivity contribution is 7.21. The minimum atomic E-state index is -2.84. The van der Waals surface area contributed by atoms with Gasteiger partial charge in [-0.1, -0.05) is 0 Å². The normalized spacial score (nSPS) is 11.5. The van der Waals surface area contributed by atoms with Crippen molar-refractivity contribution < 1.29 is 23.1 Å². The molecule has 0 unspecified atom stereocenters. The molecule has 0 spiro atoms. The maximum Gasteiger partial charge on any atom is 0.280 e. The van der Waals surface area contributed by atoms with E-state index in [4.69, 9.17) is 10.5 Å². The first kappa shape index (κ1) is 22.5. The predicted octanol–water partition coefficient (Wildman–Crippen LogP) is 3.09. The minimum absolute atomic E-state index is 0.0172. The van der Waals surface area contributed by atoms with Crippen LogP contribution in [-0.4, -0.2) is 43.5 Å². The van der Waals surface area contributed by atoms with Crippen molar-refractivity contribution in [1.29, 1.82) is 0 Å². The quantitative estimate of drug-likeness (QED) is 0.422. The molecule has 33 heavy (non-hydrogen) atoms. The monoisotopic (exact) mass is 475 g/mol. The zero-order chi connectivity index (χ0) is 23.9. The van der Waals surface area contributed by atoms with Gasteiger partial charge in [-0.15, -0.1) is 11.3 Å². The van der Waals surface area contributed by atoms with Gasteiger partial charge in [-0.2, -0.15) is 10.2 Å². The van der Waals surface area contributed by atoms with E-state index in [2.05, 4.69) is 20.5 Å². The third-order valence-electron chi connectivity index (χ3n) is 5.03. The zero-order valence-electron chi connectivity index (χ0n) is 17.8. The van der Waals surface area contributed by atoms with Gasteiger partial charge in [0, 0.05) is 37.0 Å². The van der Waals surface area contributed by atoms with Gasteiger partial charge in [0.25, 0.3) is 18.2 Å². The Labute approximate surface area is 190 Å². The number of ether oxygens (including phenoxy) is 1. The third kappa shape index (κ3) is 4.07. The van der Waals surface area contributed by atoms with Gasteiger partial charge >= 0.3 is 0 Å². The van der Waals surface area contributed by atoms with Crippen molar-refractivity contribution in [3.8, 4) is 11.1 Å². The van der Waals surface area contributed by atoms with E-state index in [0.717, 1.165) is 11.3 Å². The fourth-order valence-corrected chi connectivity index (χ4v) is 4.38. The highest BCUT2D eigenvalue weighted by atomic mass is 32.1. The molecule has 172 valence electrons. The number of pyridine rings is 1. The lowest BCUT2D eigenvalue weighted by Crippen LogP contribution is -2.17. The Morgan fingerprint density at radius 2 is 2.09 bits per heavy atom. The Kier molecular flexibility index (Phi) is 5.91. The van der Waals surface area contributed by atoms with Crippen LogP contribution in [0.2, 0.25) is 0 Å².